The van der Waals surface area contributed by atoms with E-state index in [4.69, 9.17) is 9.29 Å². The molecular weight excluding hydrogens is 362 g/mol. The third-order valence-corrected chi connectivity index (χ3v) is 6.57. The molecule has 0 saturated heterocycles. The van der Waals surface area contributed by atoms with Crippen molar-refractivity contribution in [2.75, 3.05) is 6.61 Å². The fraction of sp³-hybridized carbons (Fsp3) is 0.933. The molecule has 144 valence electrons. The Hall–Kier alpha value is -0.840. The molecule has 4 rings (SSSR count). The first-order chi connectivity index (χ1) is 11.3. The average molecular weight is 384 g/mol. The van der Waals surface area contributed by atoms with Crippen molar-refractivity contribution in [2.45, 2.75) is 62.6 Å². The maximum Gasteiger partial charge on any atom is 0.457 e. The summed E-state index contributed by atoms with van der Waals surface area (Å²) in [6.07, 6.45) is -0.250. The normalized spacial score (nSPS) is 38.6. The van der Waals surface area contributed by atoms with Gasteiger partial charge in [0.2, 0.25) is 0 Å². The van der Waals surface area contributed by atoms with Crippen molar-refractivity contribution >= 4 is 16.1 Å². The molecule has 25 heavy (non-hydrogen) atoms. The average Bonchev–Trinajstić information content (AvgIpc) is 2.40. The van der Waals surface area contributed by atoms with Crippen LogP contribution >= 0.6 is 0 Å². The SMILES string of the molecule is CC(OC(F)(F)C(=O)OCC12CC3CC(CC(O)(C3)C1)C2)S(=O)(=O)O. The first-order valence-electron chi connectivity index (χ1n) is 8.24. The summed E-state index contributed by atoms with van der Waals surface area (Å²) in [5.74, 6) is -1.38. The van der Waals surface area contributed by atoms with Crippen LogP contribution in [0.2, 0.25) is 0 Å². The minimum atomic E-state index is -4.87. The summed E-state index contributed by atoms with van der Waals surface area (Å²) in [4.78, 5) is 11.7. The Kier molecular flexibility index (Phi) is 4.42. The molecule has 0 aromatic heterocycles. The van der Waals surface area contributed by atoms with E-state index in [1.165, 1.54) is 0 Å². The van der Waals surface area contributed by atoms with Crippen LogP contribution in [-0.4, -0.2) is 47.8 Å². The second kappa shape index (κ2) is 5.83. The Morgan fingerprint density at radius 2 is 1.84 bits per heavy atom. The molecule has 4 saturated carbocycles. The number of hydrogen-bond donors (Lipinski definition) is 2. The topological polar surface area (TPSA) is 110 Å². The van der Waals surface area contributed by atoms with Crippen LogP contribution in [0.3, 0.4) is 0 Å². The van der Waals surface area contributed by atoms with E-state index in [1.54, 1.807) is 0 Å². The van der Waals surface area contributed by atoms with Gasteiger partial charge in [-0.1, -0.05) is 0 Å². The fourth-order valence-electron chi connectivity index (χ4n) is 5.19. The van der Waals surface area contributed by atoms with Crippen molar-refractivity contribution in [3.63, 3.8) is 0 Å². The van der Waals surface area contributed by atoms with Gasteiger partial charge in [0.05, 0.1) is 12.2 Å². The fourth-order valence-corrected chi connectivity index (χ4v) is 5.43. The molecule has 0 aliphatic heterocycles. The van der Waals surface area contributed by atoms with Crippen LogP contribution in [0.1, 0.15) is 45.4 Å². The summed E-state index contributed by atoms with van der Waals surface area (Å²) in [6, 6.07) is 0. The maximum absolute atomic E-state index is 13.7. The summed E-state index contributed by atoms with van der Waals surface area (Å²) >= 11 is 0. The summed E-state index contributed by atoms with van der Waals surface area (Å²) in [5.41, 5.74) is -3.59. The molecule has 0 heterocycles. The molecule has 0 aromatic carbocycles. The van der Waals surface area contributed by atoms with E-state index in [0.717, 1.165) is 6.42 Å². The molecule has 7 nitrogen and oxygen atoms in total. The van der Waals surface area contributed by atoms with Crippen molar-refractivity contribution in [3.05, 3.63) is 0 Å². The summed E-state index contributed by atoms with van der Waals surface area (Å²) in [5, 5.41) is 10.6. The summed E-state index contributed by atoms with van der Waals surface area (Å²) in [7, 11) is -4.87. The standard InChI is InChI=1S/C15H22F2O7S/c1-9(25(20,21)22)24-15(16,17)12(18)23-8-13-3-10-2-11(4-13)6-14(19,5-10)7-13/h9-11,19H,2-8H2,1H3,(H,20,21,22). The Balaban J connectivity index is 1.62. The first-order valence-corrected chi connectivity index (χ1v) is 9.74. The molecule has 4 bridgehead atoms. The zero-order chi connectivity index (χ0) is 18.7. The minimum Gasteiger partial charge on any atom is -0.459 e. The molecule has 0 amide bonds. The third-order valence-electron chi connectivity index (χ3n) is 5.63. The van der Waals surface area contributed by atoms with Crippen LogP contribution in [0.4, 0.5) is 8.78 Å². The van der Waals surface area contributed by atoms with Crippen molar-refractivity contribution in [3.8, 4) is 0 Å². The van der Waals surface area contributed by atoms with Gasteiger partial charge in [0.25, 0.3) is 10.1 Å². The molecule has 3 atom stereocenters. The lowest BCUT2D eigenvalue weighted by atomic mass is 9.48. The van der Waals surface area contributed by atoms with E-state index in [1.807, 2.05) is 0 Å². The number of rotatable bonds is 6. The van der Waals surface area contributed by atoms with E-state index in [-0.39, 0.29) is 6.61 Å². The van der Waals surface area contributed by atoms with Gasteiger partial charge < -0.3 is 9.84 Å². The van der Waals surface area contributed by atoms with Gasteiger partial charge in [-0.05, 0) is 57.3 Å². The highest BCUT2D eigenvalue weighted by atomic mass is 32.2. The zero-order valence-corrected chi connectivity index (χ0v) is 14.6. The molecule has 3 unspecified atom stereocenters. The Labute approximate surface area is 144 Å². The highest BCUT2D eigenvalue weighted by molar-refractivity contribution is 7.86. The monoisotopic (exact) mass is 384 g/mol. The summed E-state index contributed by atoms with van der Waals surface area (Å²) < 4.78 is 66.3. The number of halogens is 2. The quantitative estimate of drug-likeness (QED) is 0.530. The molecule has 0 aromatic rings. The predicted molar refractivity (Wildman–Crippen MR) is 80.1 cm³/mol. The lowest BCUT2D eigenvalue weighted by molar-refractivity contribution is -0.260. The number of alkyl halides is 2. The van der Waals surface area contributed by atoms with E-state index in [2.05, 4.69) is 4.74 Å². The van der Waals surface area contributed by atoms with Crippen molar-refractivity contribution in [1.82, 2.24) is 0 Å². The van der Waals surface area contributed by atoms with Crippen LogP contribution in [0.25, 0.3) is 0 Å². The number of esters is 1. The van der Waals surface area contributed by atoms with Gasteiger partial charge >= 0.3 is 12.1 Å². The van der Waals surface area contributed by atoms with Gasteiger partial charge in [-0.15, -0.1) is 0 Å². The smallest absolute Gasteiger partial charge is 0.457 e. The lowest BCUT2D eigenvalue weighted by Gasteiger charge is -2.59. The minimum absolute atomic E-state index is 0.264. The molecule has 4 aliphatic carbocycles. The van der Waals surface area contributed by atoms with Gasteiger partial charge in [0.15, 0.2) is 5.44 Å². The van der Waals surface area contributed by atoms with Crippen molar-refractivity contribution in [1.29, 1.82) is 0 Å². The Bertz CT molecular complexity index is 649. The summed E-state index contributed by atoms with van der Waals surface area (Å²) in [6.45, 7) is 0.422. The van der Waals surface area contributed by atoms with Crippen molar-refractivity contribution < 1.29 is 41.1 Å². The number of hydrogen-bond acceptors (Lipinski definition) is 6. The van der Waals surface area contributed by atoms with E-state index >= 15 is 0 Å². The molecular formula is C15H22F2O7S. The van der Waals surface area contributed by atoms with Gasteiger partial charge in [0, 0.05) is 5.41 Å². The van der Waals surface area contributed by atoms with E-state index < -0.39 is 38.6 Å². The Morgan fingerprint density at radius 3 is 2.32 bits per heavy atom. The largest absolute Gasteiger partial charge is 0.459 e. The van der Waals surface area contributed by atoms with Crippen LogP contribution < -0.4 is 0 Å². The first kappa shape index (κ1) is 18.9. The van der Waals surface area contributed by atoms with Gasteiger partial charge in [-0.25, -0.2) is 4.79 Å². The van der Waals surface area contributed by atoms with Crippen LogP contribution in [-0.2, 0) is 24.4 Å². The maximum atomic E-state index is 13.7. The third kappa shape index (κ3) is 3.81. The zero-order valence-electron chi connectivity index (χ0n) is 13.8. The highest BCUT2D eigenvalue weighted by Gasteiger charge is 2.58. The van der Waals surface area contributed by atoms with Crippen molar-refractivity contribution in [2.24, 2.45) is 17.3 Å². The number of aliphatic hydroxyl groups is 1. The molecule has 0 radical (unpaired) electrons. The second-order valence-corrected chi connectivity index (χ2v) is 9.67. The van der Waals surface area contributed by atoms with E-state index in [9.17, 15) is 27.1 Å². The Morgan fingerprint density at radius 1 is 1.28 bits per heavy atom. The predicted octanol–water partition coefficient (Wildman–Crippen LogP) is 1.70. The molecule has 2 N–H and O–H groups in total. The molecule has 0 spiro atoms. The lowest BCUT2D eigenvalue weighted by Crippen LogP contribution is -2.57. The molecule has 4 aliphatic rings. The second-order valence-electron chi connectivity index (χ2n) is 7.98. The van der Waals surface area contributed by atoms with Gasteiger partial charge in [0.1, 0.15) is 0 Å². The number of carbonyl (C=O) groups excluding carboxylic acids is 1. The molecule has 10 heteroatoms. The van der Waals surface area contributed by atoms with Crippen LogP contribution in [0.5, 0.6) is 0 Å². The number of carbonyl (C=O) groups is 1. The highest BCUT2D eigenvalue weighted by Crippen LogP contribution is 2.61. The van der Waals surface area contributed by atoms with Crippen LogP contribution in [0, 0.1) is 17.3 Å². The number of ether oxygens (including phenoxy) is 2. The van der Waals surface area contributed by atoms with E-state index in [0.29, 0.717) is 50.9 Å². The molecule has 4 fully saturated rings. The van der Waals surface area contributed by atoms with Crippen LogP contribution in [0.15, 0.2) is 0 Å². The van der Waals surface area contributed by atoms with Gasteiger partial charge in [-0.3, -0.25) is 9.29 Å². The van der Waals surface area contributed by atoms with Gasteiger partial charge in [-0.2, -0.15) is 17.2 Å².